The van der Waals surface area contributed by atoms with E-state index in [2.05, 4.69) is 15.2 Å². The maximum absolute atomic E-state index is 6.36. The summed E-state index contributed by atoms with van der Waals surface area (Å²) in [5, 5.41) is 10.6. The molecule has 6 nitrogen and oxygen atoms in total. The molecule has 8 heteroatoms. The number of aromatic nitrogens is 4. The highest BCUT2D eigenvalue weighted by atomic mass is 35.5. The van der Waals surface area contributed by atoms with E-state index in [0.29, 0.717) is 33.0 Å². The lowest BCUT2D eigenvalue weighted by atomic mass is 10.2. The van der Waals surface area contributed by atoms with Crippen LogP contribution in [0.25, 0.3) is 27.9 Å². The van der Waals surface area contributed by atoms with Crippen molar-refractivity contribution in [1.29, 1.82) is 0 Å². The number of nitrogens with zero attached hydrogens (tertiary/aromatic N) is 4. The standard InChI is InChI=1S/C18H14Cl2N4O2/c1-9-21-14-8-16(26-3)15(25-2)7-12(14)18-23-22-17(24(9)18)11-5-4-10(19)6-13(11)20/h4-8H,1-3H3. The third kappa shape index (κ3) is 2.53. The topological polar surface area (TPSA) is 61.5 Å². The molecule has 0 atom stereocenters. The molecule has 4 rings (SSSR count). The van der Waals surface area contributed by atoms with E-state index in [1.54, 1.807) is 26.4 Å². The lowest BCUT2D eigenvalue weighted by molar-refractivity contribution is 0.356. The Hall–Kier alpha value is -2.57. The molecule has 0 unspecified atom stereocenters. The minimum atomic E-state index is 0.499. The molecule has 2 aromatic heterocycles. The van der Waals surface area contributed by atoms with Gasteiger partial charge < -0.3 is 9.47 Å². The Morgan fingerprint density at radius 3 is 2.38 bits per heavy atom. The molecule has 26 heavy (non-hydrogen) atoms. The Bertz CT molecular complexity index is 1160. The van der Waals surface area contributed by atoms with Gasteiger partial charge >= 0.3 is 0 Å². The van der Waals surface area contributed by atoms with Crippen LogP contribution in [0.4, 0.5) is 0 Å². The number of halogens is 2. The van der Waals surface area contributed by atoms with Gasteiger partial charge in [-0.25, -0.2) is 4.98 Å². The summed E-state index contributed by atoms with van der Waals surface area (Å²) in [4.78, 5) is 4.67. The second-order valence-corrected chi connectivity index (χ2v) is 6.53. The smallest absolute Gasteiger partial charge is 0.172 e. The van der Waals surface area contributed by atoms with Crippen LogP contribution in [-0.4, -0.2) is 33.8 Å². The third-order valence-electron chi connectivity index (χ3n) is 4.18. The molecule has 2 heterocycles. The number of aryl methyl sites for hydroxylation is 1. The molecule has 0 saturated heterocycles. The van der Waals surface area contributed by atoms with Crippen molar-refractivity contribution in [1.82, 2.24) is 19.6 Å². The summed E-state index contributed by atoms with van der Waals surface area (Å²) in [6, 6.07) is 8.93. The van der Waals surface area contributed by atoms with Crippen LogP contribution >= 0.6 is 23.2 Å². The average Bonchev–Trinajstić information content (AvgIpc) is 3.06. The number of ether oxygens (including phenoxy) is 2. The van der Waals surface area contributed by atoms with Gasteiger partial charge in [0.15, 0.2) is 23.0 Å². The summed E-state index contributed by atoms with van der Waals surface area (Å²) in [5.74, 6) is 2.53. The number of hydrogen-bond donors (Lipinski definition) is 0. The van der Waals surface area contributed by atoms with Gasteiger partial charge in [0, 0.05) is 22.0 Å². The molecule has 0 N–H and O–H groups in total. The molecule has 0 fully saturated rings. The number of hydrogen-bond acceptors (Lipinski definition) is 5. The van der Waals surface area contributed by atoms with Crippen molar-refractivity contribution in [3.05, 3.63) is 46.2 Å². The fourth-order valence-corrected chi connectivity index (χ4v) is 3.47. The Kier molecular flexibility index (Phi) is 4.09. The van der Waals surface area contributed by atoms with Crippen molar-refractivity contribution in [3.8, 4) is 22.9 Å². The Morgan fingerprint density at radius 2 is 1.69 bits per heavy atom. The average molecular weight is 389 g/mol. The van der Waals surface area contributed by atoms with E-state index in [-0.39, 0.29) is 0 Å². The molecule has 0 aliphatic heterocycles. The molecule has 0 bridgehead atoms. The Labute approximate surface area is 159 Å². The van der Waals surface area contributed by atoms with Gasteiger partial charge in [-0.3, -0.25) is 4.40 Å². The monoisotopic (exact) mass is 388 g/mol. The normalized spacial score (nSPS) is 11.3. The van der Waals surface area contributed by atoms with Gasteiger partial charge in [-0.2, -0.15) is 0 Å². The van der Waals surface area contributed by atoms with Crippen molar-refractivity contribution in [2.24, 2.45) is 0 Å². The van der Waals surface area contributed by atoms with Gasteiger partial charge in [-0.1, -0.05) is 23.2 Å². The van der Waals surface area contributed by atoms with Gasteiger partial charge in [0.05, 0.1) is 24.8 Å². The van der Waals surface area contributed by atoms with Crippen LogP contribution in [0.2, 0.25) is 10.0 Å². The van der Waals surface area contributed by atoms with E-state index in [4.69, 9.17) is 32.7 Å². The zero-order valence-electron chi connectivity index (χ0n) is 14.2. The fraction of sp³-hybridized carbons (Fsp3) is 0.167. The van der Waals surface area contributed by atoms with Crippen LogP contribution in [0.15, 0.2) is 30.3 Å². The van der Waals surface area contributed by atoms with E-state index in [9.17, 15) is 0 Å². The molecule has 0 saturated carbocycles. The minimum Gasteiger partial charge on any atom is -0.493 e. The van der Waals surface area contributed by atoms with Crippen LogP contribution in [0.5, 0.6) is 11.5 Å². The molecule has 2 aromatic carbocycles. The Morgan fingerprint density at radius 1 is 0.962 bits per heavy atom. The summed E-state index contributed by atoms with van der Waals surface area (Å²) in [6.45, 7) is 1.89. The van der Waals surface area contributed by atoms with Crippen LogP contribution in [0, 0.1) is 6.92 Å². The third-order valence-corrected chi connectivity index (χ3v) is 4.73. The van der Waals surface area contributed by atoms with E-state index in [1.807, 2.05) is 29.5 Å². The predicted octanol–water partition coefficient (Wildman–Crippen LogP) is 4.58. The highest BCUT2D eigenvalue weighted by Gasteiger charge is 2.18. The van der Waals surface area contributed by atoms with Crippen molar-refractivity contribution in [2.75, 3.05) is 14.2 Å². The minimum absolute atomic E-state index is 0.499. The molecular weight excluding hydrogens is 375 g/mol. The van der Waals surface area contributed by atoms with Crippen LogP contribution in [0.3, 0.4) is 0 Å². The van der Waals surface area contributed by atoms with E-state index >= 15 is 0 Å². The lowest BCUT2D eigenvalue weighted by Gasteiger charge is -2.11. The number of methoxy groups -OCH3 is 2. The zero-order valence-corrected chi connectivity index (χ0v) is 15.8. The van der Waals surface area contributed by atoms with Crippen LogP contribution in [-0.2, 0) is 0 Å². The first-order valence-corrected chi connectivity index (χ1v) is 8.52. The van der Waals surface area contributed by atoms with Crippen molar-refractivity contribution < 1.29 is 9.47 Å². The first kappa shape index (κ1) is 16.9. The molecule has 0 aliphatic carbocycles. The summed E-state index contributed by atoms with van der Waals surface area (Å²) >= 11 is 12.4. The molecule has 132 valence electrons. The summed E-state index contributed by atoms with van der Waals surface area (Å²) in [6.07, 6.45) is 0. The van der Waals surface area contributed by atoms with Crippen LogP contribution in [0.1, 0.15) is 5.82 Å². The van der Waals surface area contributed by atoms with Gasteiger partial charge in [0.1, 0.15) is 5.82 Å². The van der Waals surface area contributed by atoms with E-state index < -0.39 is 0 Å². The maximum atomic E-state index is 6.36. The molecule has 0 radical (unpaired) electrons. The largest absolute Gasteiger partial charge is 0.493 e. The predicted molar refractivity (Wildman–Crippen MR) is 102 cm³/mol. The Balaban J connectivity index is 2.06. The first-order chi connectivity index (χ1) is 12.5. The summed E-state index contributed by atoms with van der Waals surface area (Å²) in [5.41, 5.74) is 2.14. The lowest BCUT2D eigenvalue weighted by Crippen LogP contribution is -2.00. The van der Waals surface area contributed by atoms with E-state index in [1.165, 1.54) is 0 Å². The molecule has 4 aromatic rings. The van der Waals surface area contributed by atoms with Gasteiger partial charge in [-0.05, 0) is 31.2 Å². The van der Waals surface area contributed by atoms with Crippen molar-refractivity contribution >= 4 is 39.8 Å². The van der Waals surface area contributed by atoms with Gasteiger partial charge in [-0.15, -0.1) is 10.2 Å². The second-order valence-electron chi connectivity index (χ2n) is 5.69. The number of rotatable bonds is 3. The molecule has 0 spiro atoms. The van der Waals surface area contributed by atoms with Crippen molar-refractivity contribution in [2.45, 2.75) is 6.92 Å². The highest BCUT2D eigenvalue weighted by Crippen LogP contribution is 2.35. The zero-order chi connectivity index (χ0) is 18.4. The fourth-order valence-electron chi connectivity index (χ4n) is 2.97. The molecular formula is C18H14Cl2N4O2. The van der Waals surface area contributed by atoms with E-state index in [0.717, 1.165) is 22.3 Å². The maximum Gasteiger partial charge on any atom is 0.172 e. The summed E-state index contributed by atoms with van der Waals surface area (Å²) < 4.78 is 12.6. The summed E-state index contributed by atoms with van der Waals surface area (Å²) in [7, 11) is 3.18. The first-order valence-electron chi connectivity index (χ1n) is 7.76. The number of benzene rings is 2. The SMILES string of the molecule is COc1cc2nc(C)n3c(-c4ccc(Cl)cc4Cl)nnc3c2cc1OC. The van der Waals surface area contributed by atoms with Crippen molar-refractivity contribution in [3.63, 3.8) is 0 Å². The van der Waals surface area contributed by atoms with Gasteiger partial charge in [0.25, 0.3) is 0 Å². The second kappa shape index (κ2) is 6.30. The quantitative estimate of drug-likeness (QED) is 0.514. The molecule has 0 aliphatic rings. The van der Waals surface area contributed by atoms with Crippen LogP contribution < -0.4 is 9.47 Å². The van der Waals surface area contributed by atoms with Gasteiger partial charge in [0.2, 0.25) is 0 Å². The highest BCUT2D eigenvalue weighted by molar-refractivity contribution is 6.36. The molecule has 0 amide bonds. The number of fused-ring (bicyclic) bond motifs is 3.